The molecule has 114 valence electrons. The summed E-state index contributed by atoms with van der Waals surface area (Å²) in [5, 5.41) is 8.62. The van der Waals surface area contributed by atoms with Gasteiger partial charge in [-0.15, -0.1) is 0 Å². The van der Waals surface area contributed by atoms with Crippen LogP contribution < -0.4 is 10.1 Å². The van der Waals surface area contributed by atoms with E-state index in [2.05, 4.69) is 29.5 Å². The minimum absolute atomic E-state index is 0.734. The van der Waals surface area contributed by atoms with Gasteiger partial charge in [-0.05, 0) is 44.5 Å². The number of benzene rings is 1. The first-order valence-corrected chi connectivity index (χ1v) is 7.59. The quantitative estimate of drug-likeness (QED) is 0.798. The minimum Gasteiger partial charge on any atom is -0.497 e. The summed E-state index contributed by atoms with van der Waals surface area (Å²) in [7, 11) is 1.69. The van der Waals surface area contributed by atoms with Gasteiger partial charge in [-0.3, -0.25) is 4.68 Å². The summed E-state index contributed by atoms with van der Waals surface area (Å²) in [4.78, 5) is 0. The zero-order chi connectivity index (χ0) is 15.2. The first-order valence-electron chi connectivity index (χ1n) is 7.21. The molecule has 1 aromatic heterocycles. The van der Waals surface area contributed by atoms with Crippen LogP contribution in [0.1, 0.15) is 23.9 Å². The monoisotopic (exact) mass is 307 g/mol. The fraction of sp³-hybridized carbons (Fsp3) is 0.438. The van der Waals surface area contributed by atoms with Gasteiger partial charge < -0.3 is 10.1 Å². The molecule has 0 saturated carbocycles. The van der Waals surface area contributed by atoms with Crippen molar-refractivity contribution in [3.63, 3.8) is 0 Å². The number of hydrogen-bond donors (Lipinski definition) is 1. The Kier molecular flexibility index (Phi) is 5.65. The van der Waals surface area contributed by atoms with Gasteiger partial charge in [0.05, 0.1) is 23.5 Å². The Balaban J connectivity index is 1.87. The molecule has 0 aliphatic carbocycles. The Hall–Kier alpha value is -1.52. The zero-order valence-corrected chi connectivity index (χ0v) is 13.6. The maximum absolute atomic E-state index is 6.29. The summed E-state index contributed by atoms with van der Waals surface area (Å²) < 4.78 is 7.18. The SMILES string of the molecule is CCn1nc(C)c(Cl)c1CNCCc1cccc(OC)c1. The second kappa shape index (κ2) is 7.48. The van der Waals surface area contributed by atoms with Crippen LogP contribution in [0, 0.1) is 6.92 Å². The van der Waals surface area contributed by atoms with Crippen LogP contribution in [-0.2, 0) is 19.5 Å². The van der Waals surface area contributed by atoms with Crippen LogP contribution in [0.25, 0.3) is 0 Å². The molecule has 0 amide bonds. The number of nitrogens with zero attached hydrogens (tertiary/aromatic N) is 2. The number of ether oxygens (including phenoxy) is 1. The predicted molar refractivity (Wildman–Crippen MR) is 86.1 cm³/mol. The molecule has 2 aromatic rings. The highest BCUT2D eigenvalue weighted by Crippen LogP contribution is 2.20. The molecule has 0 saturated heterocycles. The molecular weight excluding hydrogens is 286 g/mol. The van der Waals surface area contributed by atoms with Crippen molar-refractivity contribution in [2.24, 2.45) is 0 Å². The molecule has 5 heteroatoms. The summed E-state index contributed by atoms with van der Waals surface area (Å²) in [6, 6.07) is 8.15. The lowest BCUT2D eigenvalue weighted by molar-refractivity contribution is 0.414. The topological polar surface area (TPSA) is 39.1 Å². The highest BCUT2D eigenvalue weighted by atomic mass is 35.5. The molecule has 4 nitrogen and oxygen atoms in total. The number of rotatable bonds is 7. The molecule has 0 aliphatic rings. The molecule has 0 unspecified atom stereocenters. The van der Waals surface area contributed by atoms with E-state index in [-0.39, 0.29) is 0 Å². The van der Waals surface area contributed by atoms with Gasteiger partial charge >= 0.3 is 0 Å². The molecule has 0 bridgehead atoms. The van der Waals surface area contributed by atoms with Crippen LogP contribution in [0.3, 0.4) is 0 Å². The van der Waals surface area contributed by atoms with Gasteiger partial charge in [0, 0.05) is 13.1 Å². The van der Waals surface area contributed by atoms with E-state index < -0.39 is 0 Å². The lowest BCUT2D eigenvalue weighted by Crippen LogP contribution is -2.19. The zero-order valence-electron chi connectivity index (χ0n) is 12.8. The van der Waals surface area contributed by atoms with Crippen molar-refractivity contribution >= 4 is 11.6 Å². The number of aromatic nitrogens is 2. The normalized spacial score (nSPS) is 10.9. The van der Waals surface area contributed by atoms with Crippen molar-refractivity contribution in [3.8, 4) is 5.75 Å². The molecule has 1 heterocycles. The van der Waals surface area contributed by atoms with Gasteiger partial charge in [-0.2, -0.15) is 5.10 Å². The number of halogens is 1. The van der Waals surface area contributed by atoms with Gasteiger partial charge in [0.25, 0.3) is 0 Å². The van der Waals surface area contributed by atoms with E-state index in [4.69, 9.17) is 16.3 Å². The fourth-order valence-corrected chi connectivity index (χ4v) is 2.51. The van der Waals surface area contributed by atoms with Gasteiger partial charge in [0.1, 0.15) is 5.75 Å². The molecule has 1 aromatic carbocycles. The third-order valence-electron chi connectivity index (χ3n) is 3.47. The van der Waals surface area contributed by atoms with Gasteiger partial charge in [0.2, 0.25) is 0 Å². The van der Waals surface area contributed by atoms with Crippen LogP contribution in [-0.4, -0.2) is 23.4 Å². The highest BCUT2D eigenvalue weighted by molar-refractivity contribution is 6.31. The summed E-state index contributed by atoms with van der Waals surface area (Å²) in [6.45, 7) is 6.46. The summed E-state index contributed by atoms with van der Waals surface area (Å²) in [5.41, 5.74) is 3.21. The van der Waals surface area contributed by atoms with Crippen molar-refractivity contribution in [1.82, 2.24) is 15.1 Å². The Morgan fingerprint density at radius 1 is 1.38 bits per heavy atom. The van der Waals surface area contributed by atoms with E-state index >= 15 is 0 Å². The molecule has 0 fully saturated rings. The van der Waals surface area contributed by atoms with Gasteiger partial charge in [-0.1, -0.05) is 23.7 Å². The van der Waals surface area contributed by atoms with Crippen molar-refractivity contribution in [2.75, 3.05) is 13.7 Å². The molecule has 0 aliphatic heterocycles. The molecule has 0 atom stereocenters. The van der Waals surface area contributed by atoms with Crippen molar-refractivity contribution in [2.45, 2.75) is 33.4 Å². The maximum Gasteiger partial charge on any atom is 0.119 e. The van der Waals surface area contributed by atoms with E-state index in [1.165, 1.54) is 5.56 Å². The van der Waals surface area contributed by atoms with Crippen LogP contribution in [0.5, 0.6) is 5.75 Å². The summed E-state index contributed by atoms with van der Waals surface area (Å²) >= 11 is 6.29. The van der Waals surface area contributed by atoms with Crippen LogP contribution in [0.15, 0.2) is 24.3 Å². The number of aryl methyl sites for hydroxylation is 2. The average Bonchev–Trinajstić information content (AvgIpc) is 2.79. The molecule has 1 N–H and O–H groups in total. The van der Waals surface area contributed by atoms with Gasteiger partial charge in [0.15, 0.2) is 0 Å². The van der Waals surface area contributed by atoms with E-state index in [1.54, 1.807) is 7.11 Å². The number of methoxy groups -OCH3 is 1. The van der Waals surface area contributed by atoms with Gasteiger partial charge in [-0.25, -0.2) is 0 Å². The Morgan fingerprint density at radius 2 is 2.19 bits per heavy atom. The number of nitrogens with one attached hydrogen (secondary N) is 1. The van der Waals surface area contributed by atoms with E-state index in [0.717, 1.165) is 48.2 Å². The largest absolute Gasteiger partial charge is 0.497 e. The predicted octanol–water partition coefficient (Wildman–Crippen LogP) is 3.21. The average molecular weight is 308 g/mol. The Bertz CT molecular complexity index is 595. The fourth-order valence-electron chi connectivity index (χ4n) is 2.31. The van der Waals surface area contributed by atoms with Crippen molar-refractivity contribution in [1.29, 1.82) is 0 Å². The smallest absolute Gasteiger partial charge is 0.119 e. The molecular formula is C16H22ClN3O. The maximum atomic E-state index is 6.29. The van der Waals surface area contributed by atoms with E-state index in [9.17, 15) is 0 Å². The first kappa shape index (κ1) is 15.9. The Labute approximate surface area is 131 Å². The molecule has 0 radical (unpaired) electrons. The second-order valence-corrected chi connectivity index (χ2v) is 5.32. The Morgan fingerprint density at radius 3 is 2.90 bits per heavy atom. The number of hydrogen-bond acceptors (Lipinski definition) is 3. The third-order valence-corrected chi connectivity index (χ3v) is 3.96. The van der Waals surface area contributed by atoms with Crippen LogP contribution >= 0.6 is 11.6 Å². The third kappa shape index (κ3) is 3.99. The molecule has 2 rings (SSSR count). The second-order valence-electron chi connectivity index (χ2n) is 4.94. The van der Waals surface area contributed by atoms with Crippen LogP contribution in [0.2, 0.25) is 5.02 Å². The highest BCUT2D eigenvalue weighted by Gasteiger charge is 2.11. The summed E-state index contributed by atoms with van der Waals surface area (Å²) in [6.07, 6.45) is 0.952. The summed E-state index contributed by atoms with van der Waals surface area (Å²) in [5.74, 6) is 0.898. The lowest BCUT2D eigenvalue weighted by atomic mass is 10.1. The molecule has 21 heavy (non-hydrogen) atoms. The first-order chi connectivity index (χ1) is 10.2. The molecule has 0 spiro atoms. The van der Waals surface area contributed by atoms with Crippen molar-refractivity contribution < 1.29 is 4.74 Å². The minimum atomic E-state index is 0.734. The lowest BCUT2D eigenvalue weighted by Gasteiger charge is -2.08. The standard InChI is InChI=1S/C16H22ClN3O/c1-4-20-15(16(17)12(2)19-20)11-18-9-8-13-6-5-7-14(10-13)21-3/h5-7,10,18H,4,8-9,11H2,1-3H3. The van der Waals surface area contributed by atoms with Crippen LogP contribution in [0.4, 0.5) is 0 Å². The van der Waals surface area contributed by atoms with E-state index in [1.807, 2.05) is 23.7 Å². The van der Waals surface area contributed by atoms with E-state index in [0.29, 0.717) is 0 Å². The van der Waals surface area contributed by atoms with Crippen molar-refractivity contribution in [3.05, 3.63) is 46.2 Å².